The second-order valence-electron chi connectivity index (χ2n) is 2.74. The average Bonchev–Trinajstić information content (AvgIpc) is 2.11. The minimum absolute atomic E-state index is 0.000767. The number of Topliss-reactive ketones (excluding diaryl/α,β-unsaturated/α-hetero) is 1. The zero-order chi connectivity index (χ0) is 9.84. The van der Waals surface area contributed by atoms with Gasteiger partial charge in [0.15, 0.2) is 5.78 Å². The van der Waals surface area contributed by atoms with Gasteiger partial charge >= 0.3 is 0 Å². The molecule has 0 radical (unpaired) electrons. The topological polar surface area (TPSA) is 43.1 Å². The molecule has 0 atom stereocenters. The van der Waals surface area contributed by atoms with Gasteiger partial charge < -0.3 is 5.73 Å². The zero-order valence-corrected chi connectivity index (χ0v) is 8.61. The number of ketones is 1. The van der Waals surface area contributed by atoms with Crippen molar-refractivity contribution in [2.24, 2.45) is 0 Å². The standard InChI is InChI=1S/C9H10ClNOS/c10-5-7(12)3-6-1-2-8(11)9(13)4-6/h1-2,4,13H,3,5,11H2. The summed E-state index contributed by atoms with van der Waals surface area (Å²) >= 11 is 9.53. The minimum Gasteiger partial charge on any atom is -0.398 e. The summed E-state index contributed by atoms with van der Waals surface area (Å²) in [5, 5.41) is 0. The SMILES string of the molecule is Nc1ccc(CC(=O)CCl)cc1S. The molecule has 0 aliphatic rings. The second-order valence-corrected chi connectivity index (χ2v) is 3.49. The fraction of sp³-hybridized carbons (Fsp3) is 0.222. The van der Waals surface area contributed by atoms with E-state index in [0.717, 1.165) is 5.56 Å². The van der Waals surface area contributed by atoms with Crippen LogP contribution in [0.5, 0.6) is 0 Å². The lowest BCUT2D eigenvalue weighted by Gasteiger charge is -2.02. The molecule has 2 N–H and O–H groups in total. The van der Waals surface area contributed by atoms with Crippen LogP contribution in [0.3, 0.4) is 0 Å². The molecule has 0 spiro atoms. The number of benzene rings is 1. The number of hydrogen-bond donors (Lipinski definition) is 2. The third-order valence-corrected chi connectivity index (χ3v) is 2.33. The van der Waals surface area contributed by atoms with Gasteiger partial charge in [-0.15, -0.1) is 24.2 Å². The van der Waals surface area contributed by atoms with Gasteiger partial charge in [0.1, 0.15) is 0 Å². The predicted molar refractivity (Wildman–Crippen MR) is 57.5 cm³/mol. The third kappa shape index (κ3) is 2.94. The van der Waals surface area contributed by atoms with Crippen LogP contribution in [-0.4, -0.2) is 11.7 Å². The summed E-state index contributed by atoms with van der Waals surface area (Å²) < 4.78 is 0. The van der Waals surface area contributed by atoms with Crippen molar-refractivity contribution in [2.75, 3.05) is 11.6 Å². The number of hydrogen-bond acceptors (Lipinski definition) is 3. The smallest absolute Gasteiger partial charge is 0.151 e. The molecule has 0 aromatic heterocycles. The van der Waals surface area contributed by atoms with Crippen LogP contribution in [0.25, 0.3) is 0 Å². The molecule has 4 heteroatoms. The summed E-state index contributed by atoms with van der Waals surface area (Å²) in [5.74, 6) is 0.0471. The van der Waals surface area contributed by atoms with E-state index in [1.165, 1.54) is 0 Å². The van der Waals surface area contributed by atoms with Crippen LogP contribution in [0.2, 0.25) is 0 Å². The first kappa shape index (κ1) is 10.4. The van der Waals surface area contributed by atoms with Gasteiger partial charge in [0.05, 0.1) is 5.88 Å². The number of nitrogens with two attached hydrogens (primary N) is 1. The van der Waals surface area contributed by atoms with E-state index in [4.69, 9.17) is 17.3 Å². The van der Waals surface area contributed by atoms with E-state index in [1.807, 2.05) is 0 Å². The molecular weight excluding hydrogens is 206 g/mol. The molecule has 0 aliphatic heterocycles. The number of carbonyl (C=O) groups is 1. The van der Waals surface area contributed by atoms with E-state index >= 15 is 0 Å². The normalized spacial score (nSPS) is 10.0. The molecule has 0 bridgehead atoms. The van der Waals surface area contributed by atoms with Crippen LogP contribution in [0.15, 0.2) is 23.1 Å². The Morgan fingerprint density at radius 3 is 2.77 bits per heavy atom. The Bertz CT molecular complexity index is 327. The van der Waals surface area contributed by atoms with E-state index < -0.39 is 0 Å². The van der Waals surface area contributed by atoms with E-state index in [9.17, 15) is 4.79 Å². The zero-order valence-electron chi connectivity index (χ0n) is 6.96. The fourth-order valence-electron chi connectivity index (χ4n) is 0.974. The van der Waals surface area contributed by atoms with Crippen LogP contribution in [-0.2, 0) is 11.2 Å². The highest BCUT2D eigenvalue weighted by Gasteiger charge is 2.03. The highest BCUT2D eigenvalue weighted by molar-refractivity contribution is 7.80. The first-order valence-corrected chi connectivity index (χ1v) is 4.76. The maximum atomic E-state index is 11.0. The summed E-state index contributed by atoms with van der Waals surface area (Å²) in [7, 11) is 0. The Hall–Kier alpha value is -0.670. The molecular formula is C9H10ClNOS. The molecule has 0 heterocycles. The number of carbonyl (C=O) groups excluding carboxylic acids is 1. The van der Waals surface area contributed by atoms with Gasteiger partial charge in [0.2, 0.25) is 0 Å². The van der Waals surface area contributed by atoms with Crippen molar-refractivity contribution in [1.29, 1.82) is 0 Å². The molecule has 1 rings (SSSR count). The molecule has 0 amide bonds. The Labute approximate surface area is 87.5 Å². The molecule has 0 fully saturated rings. The number of alkyl halides is 1. The number of thiol groups is 1. The van der Waals surface area contributed by atoms with Crippen molar-refractivity contribution in [3.05, 3.63) is 23.8 Å². The van der Waals surface area contributed by atoms with Gasteiger partial charge in [-0.2, -0.15) is 0 Å². The van der Waals surface area contributed by atoms with Gasteiger partial charge in [0, 0.05) is 17.0 Å². The Morgan fingerprint density at radius 2 is 2.23 bits per heavy atom. The van der Waals surface area contributed by atoms with Crippen molar-refractivity contribution in [1.82, 2.24) is 0 Å². The van der Waals surface area contributed by atoms with Crippen molar-refractivity contribution in [2.45, 2.75) is 11.3 Å². The molecule has 1 aromatic carbocycles. The Kier molecular flexibility index (Phi) is 3.63. The van der Waals surface area contributed by atoms with Crippen LogP contribution < -0.4 is 5.73 Å². The van der Waals surface area contributed by atoms with Crippen LogP contribution in [0, 0.1) is 0 Å². The molecule has 70 valence electrons. The van der Waals surface area contributed by atoms with Crippen LogP contribution >= 0.6 is 24.2 Å². The quantitative estimate of drug-likeness (QED) is 0.460. The van der Waals surface area contributed by atoms with E-state index in [2.05, 4.69) is 12.6 Å². The largest absolute Gasteiger partial charge is 0.398 e. The summed E-state index contributed by atoms with van der Waals surface area (Å²) in [6, 6.07) is 5.32. The van der Waals surface area contributed by atoms with Gasteiger partial charge in [0.25, 0.3) is 0 Å². The van der Waals surface area contributed by atoms with Crippen molar-refractivity contribution < 1.29 is 4.79 Å². The molecule has 1 aromatic rings. The maximum absolute atomic E-state index is 11.0. The van der Waals surface area contributed by atoms with Crippen molar-refractivity contribution in [3.8, 4) is 0 Å². The molecule has 0 aliphatic carbocycles. The third-order valence-electron chi connectivity index (χ3n) is 1.65. The van der Waals surface area contributed by atoms with E-state index in [0.29, 0.717) is 17.0 Å². The Morgan fingerprint density at radius 1 is 1.54 bits per heavy atom. The predicted octanol–water partition coefficient (Wildman–Crippen LogP) is 1.91. The molecule has 0 saturated carbocycles. The van der Waals surface area contributed by atoms with Crippen LogP contribution in [0.4, 0.5) is 5.69 Å². The fourth-order valence-corrected chi connectivity index (χ4v) is 1.31. The van der Waals surface area contributed by atoms with Crippen LogP contribution in [0.1, 0.15) is 5.56 Å². The van der Waals surface area contributed by atoms with Crippen molar-refractivity contribution in [3.63, 3.8) is 0 Å². The summed E-state index contributed by atoms with van der Waals surface area (Å²) in [6.07, 6.45) is 0.345. The Balaban J connectivity index is 2.79. The summed E-state index contributed by atoms with van der Waals surface area (Å²) in [4.78, 5) is 11.7. The highest BCUT2D eigenvalue weighted by atomic mass is 35.5. The van der Waals surface area contributed by atoms with Crippen molar-refractivity contribution >= 4 is 35.7 Å². The summed E-state index contributed by atoms with van der Waals surface area (Å²) in [5.41, 5.74) is 7.07. The number of rotatable bonds is 3. The number of nitrogen functional groups attached to an aromatic ring is 1. The number of halogens is 1. The van der Waals surface area contributed by atoms with Gasteiger partial charge in [-0.05, 0) is 17.7 Å². The summed E-state index contributed by atoms with van der Waals surface area (Å²) in [6.45, 7) is 0. The van der Waals surface area contributed by atoms with Gasteiger partial charge in [-0.3, -0.25) is 4.79 Å². The molecule has 13 heavy (non-hydrogen) atoms. The molecule has 0 unspecified atom stereocenters. The molecule has 2 nitrogen and oxygen atoms in total. The maximum Gasteiger partial charge on any atom is 0.151 e. The van der Waals surface area contributed by atoms with E-state index in [-0.39, 0.29) is 11.7 Å². The average molecular weight is 216 g/mol. The second kappa shape index (κ2) is 4.53. The van der Waals surface area contributed by atoms with Gasteiger partial charge in [-0.1, -0.05) is 6.07 Å². The lowest BCUT2D eigenvalue weighted by Crippen LogP contribution is -2.03. The van der Waals surface area contributed by atoms with E-state index in [1.54, 1.807) is 18.2 Å². The minimum atomic E-state index is -0.000767. The lowest BCUT2D eigenvalue weighted by atomic mass is 10.1. The first-order valence-electron chi connectivity index (χ1n) is 3.78. The number of anilines is 1. The monoisotopic (exact) mass is 215 g/mol. The lowest BCUT2D eigenvalue weighted by molar-refractivity contribution is -0.116. The highest BCUT2D eigenvalue weighted by Crippen LogP contribution is 2.18. The first-order chi connectivity index (χ1) is 6.13. The van der Waals surface area contributed by atoms with Gasteiger partial charge in [-0.25, -0.2) is 0 Å². The molecule has 0 saturated heterocycles.